The fourth-order valence-electron chi connectivity index (χ4n) is 5.84. The summed E-state index contributed by atoms with van der Waals surface area (Å²) < 4.78 is 0. The Hall–Kier alpha value is -3.15. The molecule has 0 radical (unpaired) electrons. The third kappa shape index (κ3) is 5.58. The van der Waals surface area contributed by atoms with Gasteiger partial charge in [-0.1, -0.05) is 72.3 Å². The van der Waals surface area contributed by atoms with Crippen molar-refractivity contribution in [1.29, 1.82) is 0 Å². The monoisotopic (exact) mass is 516 g/mol. The molecule has 0 saturated heterocycles. The highest BCUT2D eigenvalue weighted by Gasteiger charge is 2.46. The van der Waals surface area contributed by atoms with Gasteiger partial charge in [0, 0.05) is 23.2 Å². The van der Waals surface area contributed by atoms with Gasteiger partial charge in [0.15, 0.2) is 0 Å². The molecular formula is C31H33ClN2O3. The third-order valence-electron chi connectivity index (χ3n) is 7.71. The van der Waals surface area contributed by atoms with Crippen LogP contribution in [0.15, 0.2) is 78.9 Å². The number of nitrogens with zero attached hydrogens (tertiary/aromatic N) is 1. The number of aryl methyl sites for hydroxylation is 1. The highest BCUT2D eigenvalue weighted by molar-refractivity contribution is 6.30. The van der Waals surface area contributed by atoms with Gasteiger partial charge in [-0.3, -0.25) is 9.59 Å². The number of fused-ring (bicyclic) bond motifs is 1. The summed E-state index contributed by atoms with van der Waals surface area (Å²) in [5, 5.41) is 13.9. The number of carbonyl (C=O) groups is 2. The molecule has 0 aromatic heterocycles. The quantitative estimate of drug-likeness (QED) is 0.397. The van der Waals surface area contributed by atoms with Crippen molar-refractivity contribution in [3.8, 4) is 0 Å². The van der Waals surface area contributed by atoms with Crippen LogP contribution in [0.1, 0.15) is 71.1 Å². The molecule has 2 aliphatic rings. The van der Waals surface area contributed by atoms with E-state index in [4.69, 9.17) is 11.6 Å². The van der Waals surface area contributed by atoms with Gasteiger partial charge in [0.05, 0.1) is 18.1 Å². The Labute approximate surface area is 223 Å². The first kappa shape index (κ1) is 25.5. The van der Waals surface area contributed by atoms with Crippen LogP contribution in [0.4, 0.5) is 0 Å². The van der Waals surface area contributed by atoms with E-state index in [1.54, 1.807) is 0 Å². The summed E-state index contributed by atoms with van der Waals surface area (Å²) in [7, 11) is 0. The van der Waals surface area contributed by atoms with E-state index >= 15 is 0 Å². The lowest BCUT2D eigenvalue weighted by atomic mass is 9.77. The molecular weight excluding hydrogens is 484 g/mol. The molecule has 3 aromatic carbocycles. The van der Waals surface area contributed by atoms with Crippen molar-refractivity contribution in [2.24, 2.45) is 0 Å². The largest absolute Gasteiger partial charge is 0.393 e. The first-order chi connectivity index (χ1) is 18.0. The van der Waals surface area contributed by atoms with E-state index in [2.05, 4.69) is 17.4 Å². The number of nitrogens with one attached hydrogen (secondary N) is 1. The Kier molecular flexibility index (Phi) is 7.92. The van der Waals surface area contributed by atoms with Crippen LogP contribution >= 0.6 is 11.6 Å². The molecule has 1 heterocycles. The van der Waals surface area contributed by atoms with Crippen molar-refractivity contribution >= 4 is 23.4 Å². The van der Waals surface area contributed by atoms with Crippen LogP contribution in [0.3, 0.4) is 0 Å². The van der Waals surface area contributed by atoms with E-state index in [9.17, 15) is 14.7 Å². The van der Waals surface area contributed by atoms with Gasteiger partial charge in [0.1, 0.15) is 0 Å². The second-order valence-corrected chi connectivity index (χ2v) is 10.6. The molecule has 1 aliphatic heterocycles. The summed E-state index contributed by atoms with van der Waals surface area (Å²) in [5.41, 5.74) is 3.49. The van der Waals surface area contributed by atoms with Crippen LogP contribution in [0.2, 0.25) is 5.02 Å². The number of hydrogen-bond donors (Lipinski definition) is 2. The van der Waals surface area contributed by atoms with Crippen LogP contribution in [0.5, 0.6) is 0 Å². The SMILES string of the molecule is O=C(NCCCc1ccccc1)[C@@H]1c2ccccc2C(=O)N(C2CCC(O)CC2)[C@H]1c1ccc(Cl)cc1. The number of aliphatic hydroxyl groups excluding tert-OH is 1. The van der Waals surface area contributed by atoms with Gasteiger partial charge >= 0.3 is 0 Å². The Morgan fingerprint density at radius 2 is 1.59 bits per heavy atom. The van der Waals surface area contributed by atoms with E-state index in [1.165, 1.54) is 5.56 Å². The number of rotatable bonds is 7. The fraction of sp³-hybridized carbons (Fsp3) is 0.355. The van der Waals surface area contributed by atoms with E-state index in [0.717, 1.165) is 24.0 Å². The predicted molar refractivity (Wildman–Crippen MR) is 146 cm³/mol. The molecule has 2 atom stereocenters. The van der Waals surface area contributed by atoms with Crippen LogP contribution in [-0.2, 0) is 11.2 Å². The van der Waals surface area contributed by atoms with Crippen molar-refractivity contribution in [3.63, 3.8) is 0 Å². The van der Waals surface area contributed by atoms with Crippen LogP contribution in [-0.4, -0.2) is 40.5 Å². The Morgan fingerprint density at radius 3 is 2.32 bits per heavy atom. The van der Waals surface area contributed by atoms with Crippen LogP contribution in [0, 0.1) is 0 Å². The molecule has 5 nitrogen and oxygen atoms in total. The second-order valence-electron chi connectivity index (χ2n) is 10.1. The van der Waals surface area contributed by atoms with E-state index in [1.807, 2.05) is 71.6 Å². The Morgan fingerprint density at radius 1 is 0.919 bits per heavy atom. The molecule has 0 bridgehead atoms. The lowest BCUT2D eigenvalue weighted by Crippen LogP contribution is -2.52. The van der Waals surface area contributed by atoms with Crippen LogP contribution in [0.25, 0.3) is 0 Å². The molecule has 3 aromatic rings. The molecule has 0 spiro atoms. The van der Waals surface area contributed by atoms with E-state index in [0.29, 0.717) is 42.8 Å². The standard InChI is InChI=1S/C31H33ClN2O3/c32-23-14-12-22(13-15-23)29-28(30(36)33-20-6-9-21-7-2-1-3-8-21)26-10-4-5-11-27(26)31(37)34(29)24-16-18-25(35)19-17-24/h1-5,7-8,10-15,24-25,28-29,35H,6,9,16-20H2,(H,33,36)/t24?,25?,28-,29+/m1/s1. The second kappa shape index (κ2) is 11.5. The molecule has 6 heteroatoms. The lowest BCUT2D eigenvalue weighted by Gasteiger charge is -2.47. The van der Waals surface area contributed by atoms with Crippen molar-refractivity contribution in [2.45, 2.75) is 62.6 Å². The lowest BCUT2D eigenvalue weighted by molar-refractivity contribution is -0.124. The van der Waals surface area contributed by atoms with E-state index in [-0.39, 0.29) is 24.0 Å². The van der Waals surface area contributed by atoms with Crippen molar-refractivity contribution in [3.05, 3.63) is 106 Å². The molecule has 192 valence electrons. The molecule has 0 unspecified atom stereocenters. The molecule has 1 fully saturated rings. The van der Waals surface area contributed by atoms with Crippen LogP contribution < -0.4 is 5.32 Å². The maximum atomic E-state index is 13.9. The molecule has 1 saturated carbocycles. The van der Waals surface area contributed by atoms with Crippen molar-refractivity contribution in [2.75, 3.05) is 6.54 Å². The first-order valence-electron chi connectivity index (χ1n) is 13.2. The number of aliphatic hydroxyl groups is 1. The summed E-state index contributed by atoms with van der Waals surface area (Å²) in [5.74, 6) is -0.669. The average molecular weight is 517 g/mol. The maximum Gasteiger partial charge on any atom is 0.254 e. The van der Waals surface area contributed by atoms with Gasteiger partial charge in [-0.25, -0.2) is 0 Å². The first-order valence-corrected chi connectivity index (χ1v) is 13.6. The smallest absolute Gasteiger partial charge is 0.254 e. The minimum Gasteiger partial charge on any atom is -0.393 e. The Bertz CT molecular complexity index is 1220. The van der Waals surface area contributed by atoms with Gasteiger partial charge in [0.2, 0.25) is 5.91 Å². The normalized spacial score (nSPS) is 23.4. The summed E-state index contributed by atoms with van der Waals surface area (Å²) in [6.07, 6.45) is 4.12. The minimum absolute atomic E-state index is 0.0432. The van der Waals surface area contributed by atoms with Crippen molar-refractivity contribution < 1.29 is 14.7 Å². The summed E-state index contributed by atoms with van der Waals surface area (Å²) in [6, 6.07) is 24.7. The highest BCUT2D eigenvalue weighted by Crippen LogP contribution is 2.46. The Balaban J connectivity index is 1.47. The zero-order chi connectivity index (χ0) is 25.8. The number of amides is 2. The minimum atomic E-state index is -0.543. The average Bonchev–Trinajstić information content (AvgIpc) is 2.93. The molecule has 2 amide bonds. The molecule has 5 rings (SSSR count). The third-order valence-corrected chi connectivity index (χ3v) is 7.97. The van der Waals surface area contributed by atoms with Gasteiger partial charge in [-0.05, 0) is 73.4 Å². The summed E-state index contributed by atoms with van der Waals surface area (Å²) in [4.78, 5) is 29.8. The van der Waals surface area contributed by atoms with Gasteiger partial charge in [-0.15, -0.1) is 0 Å². The highest BCUT2D eigenvalue weighted by atomic mass is 35.5. The molecule has 2 N–H and O–H groups in total. The number of carbonyl (C=O) groups excluding carboxylic acids is 2. The van der Waals surface area contributed by atoms with Gasteiger partial charge < -0.3 is 15.3 Å². The molecule has 1 aliphatic carbocycles. The number of benzene rings is 3. The zero-order valence-corrected chi connectivity index (χ0v) is 21.6. The predicted octanol–water partition coefficient (Wildman–Crippen LogP) is 5.67. The topological polar surface area (TPSA) is 69.6 Å². The summed E-state index contributed by atoms with van der Waals surface area (Å²) in [6.45, 7) is 0.559. The fourth-order valence-corrected chi connectivity index (χ4v) is 5.97. The van der Waals surface area contributed by atoms with E-state index < -0.39 is 12.0 Å². The van der Waals surface area contributed by atoms with Gasteiger partial charge in [0.25, 0.3) is 5.91 Å². The van der Waals surface area contributed by atoms with Gasteiger partial charge in [-0.2, -0.15) is 0 Å². The summed E-state index contributed by atoms with van der Waals surface area (Å²) >= 11 is 6.21. The maximum absolute atomic E-state index is 13.9. The number of halogens is 1. The van der Waals surface area contributed by atoms with Crippen molar-refractivity contribution in [1.82, 2.24) is 10.2 Å². The number of hydrogen-bond acceptors (Lipinski definition) is 3. The molecule has 37 heavy (non-hydrogen) atoms. The zero-order valence-electron chi connectivity index (χ0n) is 20.9.